The minimum atomic E-state index is -0.238. The number of fused-ring (bicyclic) bond motifs is 1. The molecule has 0 bridgehead atoms. The quantitative estimate of drug-likeness (QED) is 0.472. The average Bonchev–Trinajstić information content (AvgIpc) is 2.99. The monoisotopic (exact) mass is 367 g/mol. The minimum Gasteiger partial charge on any atom is -0.490 e. The number of aromatic nitrogens is 3. The zero-order chi connectivity index (χ0) is 19.4. The highest BCUT2D eigenvalue weighted by molar-refractivity contribution is 5.69. The average molecular weight is 367 g/mol. The third kappa shape index (κ3) is 4.64. The maximum absolute atomic E-state index is 12.1. The van der Waals surface area contributed by atoms with Crippen LogP contribution in [0.4, 0.5) is 0 Å². The Morgan fingerprint density at radius 2 is 1.93 bits per heavy atom. The number of carbonyl (C=O) groups excluding carboxylic acids is 1. The van der Waals surface area contributed by atoms with Crippen LogP contribution in [0.1, 0.15) is 34.6 Å². The van der Waals surface area contributed by atoms with Crippen molar-refractivity contribution < 1.29 is 14.3 Å². The molecular weight excluding hydrogens is 342 g/mol. The first-order valence-electron chi connectivity index (χ1n) is 9.11. The van der Waals surface area contributed by atoms with Gasteiger partial charge in [-0.05, 0) is 57.4 Å². The molecule has 6 nitrogen and oxygen atoms in total. The lowest BCUT2D eigenvalue weighted by atomic mass is 10.1. The van der Waals surface area contributed by atoms with Crippen molar-refractivity contribution in [3.05, 3.63) is 58.5 Å². The van der Waals surface area contributed by atoms with Gasteiger partial charge in [0.1, 0.15) is 19.0 Å². The number of carbonyl (C=O) groups is 1. The molecule has 0 radical (unpaired) electrons. The standard InChI is InChI=1S/C21H25N3O3/c1-14-6-5-7-18(12-14)26-10-11-27-21(25)9-8-19-16(3)22-20-13-15(2)23-24(20)17(19)4/h5-7,12-13H,8-11H2,1-4H3. The van der Waals surface area contributed by atoms with Gasteiger partial charge in [-0.1, -0.05) is 12.1 Å². The highest BCUT2D eigenvalue weighted by Crippen LogP contribution is 2.17. The molecular formula is C21H25N3O3. The van der Waals surface area contributed by atoms with Gasteiger partial charge in [0, 0.05) is 23.9 Å². The van der Waals surface area contributed by atoms with Gasteiger partial charge in [0.15, 0.2) is 5.65 Å². The van der Waals surface area contributed by atoms with Crippen LogP contribution in [-0.2, 0) is 16.0 Å². The molecule has 3 rings (SSSR count). The van der Waals surface area contributed by atoms with Crippen molar-refractivity contribution >= 4 is 11.6 Å². The summed E-state index contributed by atoms with van der Waals surface area (Å²) in [6, 6.07) is 9.74. The van der Waals surface area contributed by atoms with E-state index in [1.165, 1.54) is 0 Å². The molecule has 0 aliphatic rings. The van der Waals surface area contributed by atoms with Crippen molar-refractivity contribution in [2.75, 3.05) is 13.2 Å². The van der Waals surface area contributed by atoms with E-state index < -0.39 is 0 Å². The highest BCUT2D eigenvalue weighted by atomic mass is 16.6. The topological polar surface area (TPSA) is 65.7 Å². The fourth-order valence-electron chi connectivity index (χ4n) is 3.12. The molecule has 0 spiro atoms. The summed E-state index contributed by atoms with van der Waals surface area (Å²) in [5, 5.41) is 4.46. The van der Waals surface area contributed by atoms with Crippen molar-refractivity contribution in [1.82, 2.24) is 14.6 Å². The summed E-state index contributed by atoms with van der Waals surface area (Å²) >= 11 is 0. The zero-order valence-corrected chi connectivity index (χ0v) is 16.3. The molecule has 0 N–H and O–H groups in total. The number of aryl methyl sites for hydroxylation is 4. The van der Waals surface area contributed by atoms with Gasteiger partial charge in [0.05, 0.1) is 5.69 Å². The molecule has 0 unspecified atom stereocenters. The lowest BCUT2D eigenvalue weighted by Crippen LogP contribution is -2.14. The predicted octanol–water partition coefficient (Wildman–Crippen LogP) is 3.52. The van der Waals surface area contributed by atoms with Gasteiger partial charge >= 0.3 is 5.97 Å². The van der Waals surface area contributed by atoms with Crippen molar-refractivity contribution in [2.45, 2.75) is 40.5 Å². The molecule has 0 aliphatic heterocycles. The Hall–Kier alpha value is -2.89. The Balaban J connectivity index is 1.50. The maximum atomic E-state index is 12.1. The van der Waals surface area contributed by atoms with E-state index in [-0.39, 0.29) is 12.6 Å². The summed E-state index contributed by atoms with van der Waals surface area (Å²) in [7, 11) is 0. The molecule has 1 aromatic carbocycles. The van der Waals surface area contributed by atoms with Gasteiger partial charge in [-0.2, -0.15) is 5.10 Å². The summed E-state index contributed by atoms with van der Waals surface area (Å²) in [6.45, 7) is 8.50. The van der Waals surface area contributed by atoms with E-state index in [0.717, 1.165) is 39.6 Å². The van der Waals surface area contributed by atoms with E-state index >= 15 is 0 Å². The third-order valence-corrected chi connectivity index (χ3v) is 4.47. The summed E-state index contributed by atoms with van der Waals surface area (Å²) < 4.78 is 12.7. The van der Waals surface area contributed by atoms with Crippen LogP contribution in [0.3, 0.4) is 0 Å². The van der Waals surface area contributed by atoms with E-state index in [0.29, 0.717) is 19.4 Å². The lowest BCUT2D eigenvalue weighted by Gasteiger charge is -2.11. The van der Waals surface area contributed by atoms with Gasteiger partial charge in [-0.3, -0.25) is 4.79 Å². The second-order valence-corrected chi connectivity index (χ2v) is 6.70. The lowest BCUT2D eigenvalue weighted by molar-refractivity contribution is -0.144. The predicted molar refractivity (Wildman–Crippen MR) is 103 cm³/mol. The smallest absolute Gasteiger partial charge is 0.306 e. The van der Waals surface area contributed by atoms with Crippen molar-refractivity contribution in [1.29, 1.82) is 0 Å². The highest BCUT2D eigenvalue weighted by Gasteiger charge is 2.13. The molecule has 27 heavy (non-hydrogen) atoms. The molecule has 2 aromatic heterocycles. The summed E-state index contributed by atoms with van der Waals surface area (Å²) in [6.07, 6.45) is 0.886. The Morgan fingerprint density at radius 1 is 1.11 bits per heavy atom. The fourth-order valence-corrected chi connectivity index (χ4v) is 3.12. The van der Waals surface area contributed by atoms with Gasteiger partial charge in [0.25, 0.3) is 0 Å². The van der Waals surface area contributed by atoms with E-state index in [2.05, 4.69) is 10.1 Å². The Kier molecular flexibility index (Phi) is 5.74. The fraction of sp³-hybridized carbons (Fsp3) is 0.381. The summed E-state index contributed by atoms with van der Waals surface area (Å²) in [4.78, 5) is 16.6. The molecule has 6 heteroatoms. The maximum Gasteiger partial charge on any atom is 0.306 e. The van der Waals surface area contributed by atoms with Crippen molar-refractivity contribution in [3.8, 4) is 5.75 Å². The minimum absolute atomic E-state index is 0.236. The van der Waals surface area contributed by atoms with Crippen LogP contribution in [0.2, 0.25) is 0 Å². The molecule has 2 heterocycles. The second-order valence-electron chi connectivity index (χ2n) is 6.70. The molecule has 0 aliphatic carbocycles. The largest absolute Gasteiger partial charge is 0.490 e. The Labute approximate surface area is 159 Å². The van der Waals surface area contributed by atoms with Gasteiger partial charge in [-0.25, -0.2) is 9.50 Å². The molecule has 0 saturated heterocycles. The molecule has 0 saturated carbocycles. The number of rotatable bonds is 7. The number of ether oxygens (including phenoxy) is 2. The molecule has 3 aromatic rings. The first-order chi connectivity index (χ1) is 12.9. The van der Waals surface area contributed by atoms with Gasteiger partial charge in [-0.15, -0.1) is 0 Å². The van der Waals surface area contributed by atoms with Crippen LogP contribution < -0.4 is 4.74 Å². The number of benzene rings is 1. The SMILES string of the molecule is Cc1cccc(OCCOC(=O)CCc2c(C)nc3cc(C)nn3c2C)c1. The number of esters is 1. The van der Waals surface area contributed by atoms with Crippen LogP contribution in [0, 0.1) is 27.7 Å². The second kappa shape index (κ2) is 8.20. The molecule has 0 atom stereocenters. The van der Waals surface area contributed by atoms with Gasteiger partial charge in [0.2, 0.25) is 0 Å². The van der Waals surface area contributed by atoms with E-state index in [4.69, 9.17) is 9.47 Å². The van der Waals surface area contributed by atoms with E-state index in [9.17, 15) is 4.79 Å². The Bertz CT molecular complexity index is 963. The summed E-state index contributed by atoms with van der Waals surface area (Å²) in [5.41, 5.74) is 5.88. The van der Waals surface area contributed by atoms with E-state index in [1.807, 2.05) is 62.5 Å². The molecule has 142 valence electrons. The first kappa shape index (κ1) is 18.9. The van der Waals surface area contributed by atoms with Crippen LogP contribution in [0.5, 0.6) is 5.75 Å². The van der Waals surface area contributed by atoms with Crippen LogP contribution in [-0.4, -0.2) is 33.8 Å². The van der Waals surface area contributed by atoms with Gasteiger partial charge < -0.3 is 9.47 Å². The van der Waals surface area contributed by atoms with E-state index in [1.54, 1.807) is 0 Å². The Morgan fingerprint density at radius 3 is 2.70 bits per heavy atom. The molecule has 0 amide bonds. The van der Waals surface area contributed by atoms with Crippen LogP contribution in [0.25, 0.3) is 5.65 Å². The van der Waals surface area contributed by atoms with Crippen LogP contribution in [0.15, 0.2) is 30.3 Å². The number of hydrogen-bond donors (Lipinski definition) is 0. The first-order valence-corrected chi connectivity index (χ1v) is 9.11. The zero-order valence-electron chi connectivity index (χ0n) is 16.3. The summed E-state index contributed by atoms with van der Waals surface area (Å²) in [5.74, 6) is 0.546. The van der Waals surface area contributed by atoms with Crippen molar-refractivity contribution in [2.24, 2.45) is 0 Å². The number of nitrogens with zero attached hydrogens (tertiary/aromatic N) is 3. The van der Waals surface area contributed by atoms with Crippen molar-refractivity contribution in [3.63, 3.8) is 0 Å². The third-order valence-electron chi connectivity index (χ3n) is 4.47. The van der Waals surface area contributed by atoms with Crippen LogP contribution >= 0.6 is 0 Å². The normalized spacial score (nSPS) is 11.0. The molecule has 0 fully saturated rings. The number of hydrogen-bond acceptors (Lipinski definition) is 5.